The minimum Gasteiger partial charge on any atom is -0.345 e. The van der Waals surface area contributed by atoms with Gasteiger partial charge in [0, 0.05) is 17.3 Å². The number of aromatic nitrogens is 1. The van der Waals surface area contributed by atoms with Crippen LogP contribution in [0.2, 0.25) is 5.02 Å². The number of nitrogens with zero attached hydrogens (tertiary/aromatic N) is 1. The van der Waals surface area contributed by atoms with Crippen LogP contribution in [-0.2, 0) is 6.42 Å². The third kappa shape index (κ3) is 2.51. The number of amides is 1. The van der Waals surface area contributed by atoms with Crippen LogP contribution in [0.15, 0.2) is 29.9 Å². The van der Waals surface area contributed by atoms with Crippen molar-refractivity contribution >= 4 is 28.8 Å². The lowest BCUT2D eigenvalue weighted by molar-refractivity contribution is 0.0932. The molecule has 0 spiro atoms. The molecule has 0 radical (unpaired) electrons. The van der Waals surface area contributed by atoms with Gasteiger partial charge in [0.05, 0.1) is 16.6 Å². The van der Waals surface area contributed by atoms with Crippen LogP contribution < -0.4 is 5.32 Å². The number of fused-ring (bicyclic) bond motifs is 1. The van der Waals surface area contributed by atoms with E-state index < -0.39 is 0 Å². The van der Waals surface area contributed by atoms with Crippen molar-refractivity contribution in [2.45, 2.75) is 25.3 Å². The molecule has 3 nitrogen and oxygen atoms in total. The molecule has 1 aliphatic carbocycles. The average molecular weight is 293 g/mol. The van der Waals surface area contributed by atoms with Crippen LogP contribution in [0.1, 0.15) is 39.7 Å². The smallest absolute Gasteiger partial charge is 0.254 e. The summed E-state index contributed by atoms with van der Waals surface area (Å²) in [6.45, 7) is 0. The van der Waals surface area contributed by atoms with Gasteiger partial charge in [0.25, 0.3) is 5.91 Å². The summed E-state index contributed by atoms with van der Waals surface area (Å²) in [6, 6.07) is 3.83. The zero-order chi connectivity index (χ0) is 13.2. The average Bonchev–Trinajstić information content (AvgIpc) is 2.88. The predicted octanol–water partition coefficient (Wildman–Crippen LogP) is 3.60. The lowest BCUT2D eigenvalue weighted by atomic mass is 9.94. The molecule has 0 fully saturated rings. The molecule has 0 aromatic carbocycles. The van der Waals surface area contributed by atoms with Crippen LogP contribution in [-0.4, -0.2) is 10.9 Å². The van der Waals surface area contributed by atoms with Gasteiger partial charge >= 0.3 is 0 Å². The molecule has 1 atom stereocenters. The fraction of sp³-hybridized carbons (Fsp3) is 0.286. The molecule has 19 heavy (non-hydrogen) atoms. The van der Waals surface area contributed by atoms with Gasteiger partial charge in [-0.1, -0.05) is 11.6 Å². The van der Waals surface area contributed by atoms with Crippen molar-refractivity contribution in [2.24, 2.45) is 0 Å². The van der Waals surface area contributed by atoms with Crippen molar-refractivity contribution in [3.63, 3.8) is 0 Å². The van der Waals surface area contributed by atoms with Crippen LogP contribution in [0.3, 0.4) is 0 Å². The second kappa shape index (κ2) is 5.31. The van der Waals surface area contributed by atoms with E-state index in [-0.39, 0.29) is 11.9 Å². The molecule has 0 saturated heterocycles. The fourth-order valence-corrected chi connectivity index (χ4v) is 3.60. The Morgan fingerprint density at radius 3 is 3.21 bits per heavy atom. The zero-order valence-corrected chi connectivity index (χ0v) is 11.8. The third-order valence-corrected chi connectivity index (χ3v) is 4.70. The van der Waals surface area contributed by atoms with E-state index in [1.54, 1.807) is 23.6 Å². The number of thiophene rings is 1. The van der Waals surface area contributed by atoms with Gasteiger partial charge in [0.1, 0.15) is 0 Å². The molecule has 1 unspecified atom stereocenters. The largest absolute Gasteiger partial charge is 0.345 e. The van der Waals surface area contributed by atoms with Gasteiger partial charge < -0.3 is 5.32 Å². The standard InChI is InChI=1S/C14H13ClN2OS/c15-11-4-6-16-8-10(11)14(18)17-12-2-1-3-13-9(12)5-7-19-13/h4-8,12H,1-3H2,(H,17,18). The molecule has 1 N–H and O–H groups in total. The van der Waals surface area contributed by atoms with E-state index in [1.807, 2.05) is 0 Å². The van der Waals surface area contributed by atoms with Crippen molar-refractivity contribution in [3.05, 3.63) is 50.9 Å². The van der Waals surface area contributed by atoms with Crippen molar-refractivity contribution in [3.8, 4) is 0 Å². The molecule has 5 heteroatoms. The quantitative estimate of drug-likeness (QED) is 0.919. The van der Waals surface area contributed by atoms with Crippen LogP contribution in [0.4, 0.5) is 0 Å². The maximum Gasteiger partial charge on any atom is 0.254 e. The Morgan fingerprint density at radius 2 is 2.37 bits per heavy atom. The minimum atomic E-state index is -0.151. The molecule has 2 aromatic rings. The number of carbonyl (C=O) groups is 1. The van der Waals surface area contributed by atoms with Crippen molar-refractivity contribution in [2.75, 3.05) is 0 Å². The number of rotatable bonds is 2. The third-order valence-electron chi connectivity index (χ3n) is 3.37. The Balaban J connectivity index is 1.80. The number of pyridine rings is 1. The summed E-state index contributed by atoms with van der Waals surface area (Å²) < 4.78 is 0. The Hall–Kier alpha value is -1.39. The number of carbonyl (C=O) groups excluding carboxylic acids is 1. The molecule has 1 amide bonds. The van der Waals surface area contributed by atoms with Crippen LogP contribution >= 0.6 is 22.9 Å². The topological polar surface area (TPSA) is 42.0 Å². The highest BCUT2D eigenvalue weighted by molar-refractivity contribution is 7.10. The molecular formula is C14H13ClN2OS. The van der Waals surface area contributed by atoms with Gasteiger partial charge in [0.2, 0.25) is 0 Å². The first kappa shape index (κ1) is 12.6. The lowest BCUT2D eigenvalue weighted by Crippen LogP contribution is -2.30. The van der Waals surface area contributed by atoms with Crippen molar-refractivity contribution in [1.82, 2.24) is 10.3 Å². The summed E-state index contributed by atoms with van der Waals surface area (Å²) in [7, 11) is 0. The Bertz CT molecular complexity index is 611. The molecule has 2 heterocycles. The Morgan fingerprint density at radius 1 is 1.47 bits per heavy atom. The molecule has 98 valence electrons. The van der Waals surface area contributed by atoms with Gasteiger partial charge in [-0.15, -0.1) is 11.3 Å². The number of hydrogen-bond donors (Lipinski definition) is 1. The summed E-state index contributed by atoms with van der Waals surface area (Å²) in [6.07, 6.45) is 6.30. The number of aryl methyl sites for hydroxylation is 1. The Labute approximate surface area is 120 Å². The molecule has 0 aliphatic heterocycles. The summed E-state index contributed by atoms with van der Waals surface area (Å²) >= 11 is 7.78. The first-order chi connectivity index (χ1) is 9.25. The Kier molecular flexibility index (Phi) is 3.53. The van der Waals surface area contributed by atoms with E-state index in [0.717, 1.165) is 19.3 Å². The first-order valence-electron chi connectivity index (χ1n) is 6.22. The molecule has 0 saturated carbocycles. The highest BCUT2D eigenvalue weighted by atomic mass is 35.5. The van der Waals surface area contributed by atoms with Gasteiger partial charge in [-0.25, -0.2) is 0 Å². The highest BCUT2D eigenvalue weighted by Gasteiger charge is 2.23. The molecule has 2 aromatic heterocycles. The van der Waals surface area contributed by atoms with E-state index in [1.165, 1.54) is 16.6 Å². The highest BCUT2D eigenvalue weighted by Crippen LogP contribution is 2.33. The number of nitrogens with one attached hydrogen (secondary N) is 1. The second-order valence-electron chi connectivity index (χ2n) is 4.57. The zero-order valence-electron chi connectivity index (χ0n) is 10.2. The van der Waals surface area contributed by atoms with E-state index in [2.05, 4.69) is 21.7 Å². The lowest BCUT2D eigenvalue weighted by Gasteiger charge is -2.23. The van der Waals surface area contributed by atoms with Gasteiger partial charge in [-0.3, -0.25) is 9.78 Å². The minimum absolute atomic E-state index is 0.0961. The van der Waals surface area contributed by atoms with Crippen LogP contribution in [0.5, 0.6) is 0 Å². The van der Waals surface area contributed by atoms with E-state index in [9.17, 15) is 4.79 Å². The normalized spacial score (nSPS) is 17.8. The van der Waals surface area contributed by atoms with Crippen LogP contribution in [0.25, 0.3) is 0 Å². The summed E-state index contributed by atoms with van der Waals surface area (Å²) in [5.74, 6) is -0.151. The first-order valence-corrected chi connectivity index (χ1v) is 7.48. The number of halogens is 1. The molecule has 3 rings (SSSR count). The molecule has 0 bridgehead atoms. The summed E-state index contributed by atoms with van der Waals surface area (Å²) in [5, 5.41) is 5.59. The number of hydrogen-bond acceptors (Lipinski definition) is 3. The van der Waals surface area contributed by atoms with E-state index in [4.69, 9.17) is 11.6 Å². The molecule has 1 aliphatic rings. The van der Waals surface area contributed by atoms with Crippen LogP contribution in [0, 0.1) is 0 Å². The van der Waals surface area contributed by atoms with Gasteiger partial charge in [-0.2, -0.15) is 0 Å². The molecular weight excluding hydrogens is 280 g/mol. The maximum absolute atomic E-state index is 12.2. The van der Waals surface area contributed by atoms with Crippen molar-refractivity contribution in [1.29, 1.82) is 0 Å². The van der Waals surface area contributed by atoms with E-state index in [0.29, 0.717) is 10.6 Å². The summed E-state index contributed by atoms with van der Waals surface area (Å²) in [5.41, 5.74) is 1.69. The predicted molar refractivity (Wildman–Crippen MR) is 76.7 cm³/mol. The van der Waals surface area contributed by atoms with Gasteiger partial charge in [0.15, 0.2) is 0 Å². The SMILES string of the molecule is O=C(NC1CCCc2sccc21)c1cnccc1Cl. The summed E-state index contributed by atoms with van der Waals surface area (Å²) in [4.78, 5) is 17.6. The monoisotopic (exact) mass is 292 g/mol. The fourth-order valence-electron chi connectivity index (χ4n) is 2.42. The second-order valence-corrected chi connectivity index (χ2v) is 5.98. The van der Waals surface area contributed by atoms with Gasteiger partial charge in [-0.05, 0) is 42.3 Å². The van der Waals surface area contributed by atoms with E-state index >= 15 is 0 Å². The maximum atomic E-state index is 12.2. The van der Waals surface area contributed by atoms with Crippen molar-refractivity contribution < 1.29 is 4.79 Å².